The lowest BCUT2D eigenvalue weighted by molar-refractivity contribution is -0.140. The fraction of sp³-hybridized carbons (Fsp3) is 0.294. The molecule has 2 rings (SSSR count). The van der Waals surface area contributed by atoms with Crippen molar-refractivity contribution in [3.8, 4) is 0 Å². The number of hydrogen-bond acceptors (Lipinski definition) is 4. The summed E-state index contributed by atoms with van der Waals surface area (Å²) >= 11 is 12.0. The fourth-order valence-corrected chi connectivity index (χ4v) is 2.86. The van der Waals surface area contributed by atoms with Crippen molar-refractivity contribution >= 4 is 29.2 Å². The van der Waals surface area contributed by atoms with E-state index in [2.05, 4.69) is 15.0 Å². The van der Waals surface area contributed by atoms with Crippen LogP contribution in [0.3, 0.4) is 0 Å². The Bertz CT molecular complexity index is 776. The first kappa shape index (κ1) is 19.1. The van der Waals surface area contributed by atoms with Crippen molar-refractivity contribution in [1.29, 1.82) is 0 Å². The predicted octanol–water partition coefficient (Wildman–Crippen LogP) is 5.48. The molecule has 0 radical (unpaired) electrons. The van der Waals surface area contributed by atoms with Crippen molar-refractivity contribution in [2.24, 2.45) is 5.11 Å². The lowest BCUT2D eigenvalue weighted by Crippen LogP contribution is -2.13. The van der Waals surface area contributed by atoms with E-state index < -0.39 is 6.04 Å². The lowest BCUT2D eigenvalue weighted by atomic mass is 9.87. The molecule has 0 aliphatic carbocycles. The maximum Gasteiger partial charge on any atom is 0.305 e. The molecule has 0 amide bonds. The van der Waals surface area contributed by atoms with E-state index in [4.69, 9.17) is 33.5 Å². The van der Waals surface area contributed by atoms with Gasteiger partial charge in [0.1, 0.15) is 0 Å². The number of esters is 1. The van der Waals surface area contributed by atoms with Crippen molar-refractivity contribution in [1.82, 2.24) is 4.98 Å². The molecule has 0 saturated heterocycles. The van der Waals surface area contributed by atoms with E-state index in [1.54, 1.807) is 42.6 Å². The van der Waals surface area contributed by atoms with Crippen molar-refractivity contribution in [3.05, 3.63) is 74.3 Å². The van der Waals surface area contributed by atoms with E-state index in [0.717, 1.165) is 5.56 Å². The molecule has 130 valence electrons. The minimum Gasteiger partial charge on any atom is -0.469 e. The molecule has 0 saturated carbocycles. The summed E-state index contributed by atoms with van der Waals surface area (Å²) in [5, 5.41) is 5.03. The van der Waals surface area contributed by atoms with Gasteiger partial charge in [-0.05, 0) is 41.8 Å². The first-order chi connectivity index (χ1) is 12.0. The highest BCUT2D eigenvalue weighted by Gasteiger charge is 2.26. The van der Waals surface area contributed by atoms with Crippen LogP contribution in [0.25, 0.3) is 10.4 Å². The molecule has 2 unspecified atom stereocenters. The van der Waals surface area contributed by atoms with Gasteiger partial charge in [-0.15, -0.1) is 0 Å². The van der Waals surface area contributed by atoms with Crippen LogP contribution in [0.4, 0.5) is 0 Å². The van der Waals surface area contributed by atoms with Crippen LogP contribution < -0.4 is 0 Å². The Morgan fingerprint density at radius 3 is 2.60 bits per heavy atom. The van der Waals surface area contributed by atoms with E-state index >= 15 is 0 Å². The van der Waals surface area contributed by atoms with Gasteiger partial charge in [0.05, 0.1) is 13.2 Å². The number of pyridine rings is 1. The van der Waals surface area contributed by atoms with Crippen LogP contribution in [-0.4, -0.2) is 18.1 Å². The Hall–Kier alpha value is -2.27. The van der Waals surface area contributed by atoms with E-state index in [1.165, 1.54) is 7.11 Å². The van der Waals surface area contributed by atoms with E-state index in [9.17, 15) is 4.79 Å². The Labute approximate surface area is 155 Å². The minimum absolute atomic E-state index is 0.167. The Morgan fingerprint density at radius 2 is 2.00 bits per heavy atom. The summed E-state index contributed by atoms with van der Waals surface area (Å²) in [6, 6.07) is 9.83. The van der Waals surface area contributed by atoms with Gasteiger partial charge in [0.15, 0.2) is 0 Å². The van der Waals surface area contributed by atoms with Crippen molar-refractivity contribution in [2.45, 2.75) is 24.8 Å². The molecule has 0 N–H and O–H groups in total. The highest BCUT2D eigenvalue weighted by Crippen LogP contribution is 2.38. The molecule has 25 heavy (non-hydrogen) atoms. The third kappa shape index (κ3) is 5.36. The van der Waals surface area contributed by atoms with Gasteiger partial charge in [-0.1, -0.05) is 40.4 Å². The van der Waals surface area contributed by atoms with Crippen molar-refractivity contribution in [2.75, 3.05) is 7.11 Å². The highest BCUT2D eigenvalue weighted by atomic mass is 35.5. The second-order valence-electron chi connectivity index (χ2n) is 5.32. The van der Waals surface area contributed by atoms with Crippen LogP contribution in [0.2, 0.25) is 10.0 Å². The lowest BCUT2D eigenvalue weighted by Gasteiger charge is -2.23. The zero-order chi connectivity index (χ0) is 18.2. The number of methoxy groups -OCH3 is 1. The zero-order valence-corrected chi connectivity index (χ0v) is 15.0. The second kappa shape index (κ2) is 9.28. The summed E-state index contributed by atoms with van der Waals surface area (Å²) in [5.74, 6) is -0.683. The molecule has 0 fully saturated rings. The molecule has 1 aromatic heterocycles. The largest absolute Gasteiger partial charge is 0.469 e. The van der Waals surface area contributed by atoms with Gasteiger partial charge in [0.25, 0.3) is 0 Å². The smallest absolute Gasteiger partial charge is 0.305 e. The van der Waals surface area contributed by atoms with Gasteiger partial charge < -0.3 is 4.74 Å². The number of carbonyl (C=O) groups is 1. The summed E-state index contributed by atoms with van der Waals surface area (Å²) in [6.07, 6.45) is 2.14. The van der Waals surface area contributed by atoms with Crippen molar-refractivity contribution < 1.29 is 9.53 Å². The first-order valence-electron chi connectivity index (χ1n) is 7.53. The molecule has 1 aromatic carbocycles. The second-order valence-corrected chi connectivity index (χ2v) is 6.19. The monoisotopic (exact) mass is 378 g/mol. The van der Waals surface area contributed by atoms with Crippen LogP contribution in [0.1, 0.15) is 36.1 Å². The summed E-state index contributed by atoms with van der Waals surface area (Å²) < 4.78 is 4.72. The number of halogens is 2. The van der Waals surface area contributed by atoms with E-state index in [0.29, 0.717) is 22.2 Å². The van der Waals surface area contributed by atoms with Crippen LogP contribution >= 0.6 is 23.2 Å². The molecule has 0 spiro atoms. The molecule has 0 bridgehead atoms. The van der Waals surface area contributed by atoms with Gasteiger partial charge in [0, 0.05) is 39.2 Å². The first-order valence-corrected chi connectivity index (χ1v) is 8.28. The topological polar surface area (TPSA) is 88.0 Å². The normalized spacial score (nSPS) is 12.8. The van der Waals surface area contributed by atoms with Gasteiger partial charge in [-0.3, -0.25) is 9.78 Å². The minimum atomic E-state index is -0.558. The average Bonchev–Trinajstić information content (AvgIpc) is 2.61. The maximum atomic E-state index is 11.6. The molecule has 2 atom stereocenters. The number of rotatable bonds is 7. The molecular weight excluding hydrogens is 363 g/mol. The quantitative estimate of drug-likeness (QED) is 0.276. The molecule has 1 heterocycles. The van der Waals surface area contributed by atoms with Crippen LogP contribution in [0, 0.1) is 0 Å². The number of nitrogens with zero attached hydrogens (tertiary/aromatic N) is 4. The van der Waals surface area contributed by atoms with Gasteiger partial charge in [-0.25, -0.2) is 0 Å². The Morgan fingerprint density at radius 1 is 1.28 bits per heavy atom. The standard InChI is InChI=1S/C17H16Cl2N4O2/c1-25-16(24)7-6-14(15-10-13(19)8-9-21-15)17(22-23-20)11-2-4-12(18)5-3-11/h2-5,8-10,14,17H,6-7H2,1H3. The molecule has 2 aromatic rings. The third-order valence-electron chi connectivity index (χ3n) is 3.78. The SMILES string of the molecule is COC(=O)CCC(c1cc(Cl)ccn1)C(N=[N+]=[N-])c1ccc(Cl)cc1. The summed E-state index contributed by atoms with van der Waals surface area (Å²) in [6.45, 7) is 0. The predicted molar refractivity (Wildman–Crippen MR) is 96.6 cm³/mol. The number of benzene rings is 1. The van der Waals surface area contributed by atoms with E-state index in [-0.39, 0.29) is 18.3 Å². The molecule has 6 nitrogen and oxygen atoms in total. The Kier molecular flexibility index (Phi) is 7.07. The summed E-state index contributed by atoms with van der Waals surface area (Å²) in [7, 11) is 1.33. The maximum absolute atomic E-state index is 11.6. The van der Waals surface area contributed by atoms with Crippen LogP contribution in [0.15, 0.2) is 47.7 Å². The fourth-order valence-electron chi connectivity index (χ4n) is 2.56. The van der Waals surface area contributed by atoms with Gasteiger partial charge in [0.2, 0.25) is 0 Å². The Balaban J connectivity index is 2.43. The summed E-state index contributed by atoms with van der Waals surface area (Å²) in [5.41, 5.74) is 10.4. The average molecular weight is 379 g/mol. The molecule has 8 heteroatoms. The molecular formula is C17H16Cl2N4O2. The van der Waals surface area contributed by atoms with Crippen LogP contribution in [-0.2, 0) is 9.53 Å². The van der Waals surface area contributed by atoms with Gasteiger partial charge >= 0.3 is 5.97 Å². The number of aromatic nitrogens is 1. The zero-order valence-electron chi connectivity index (χ0n) is 13.5. The van der Waals surface area contributed by atoms with Crippen molar-refractivity contribution in [3.63, 3.8) is 0 Å². The number of azide groups is 1. The number of ether oxygens (including phenoxy) is 1. The third-order valence-corrected chi connectivity index (χ3v) is 4.27. The highest BCUT2D eigenvalue weighted by molar-refractivity contribution is 6.30. The number of hydrogen-bond donors (Lipinski definition) is 0. The summed E-state index contributed by atoms with van der Waals surface area (Å²) in [4.78, 5) is 18.9. The molecule has 0 aliphatic rings. The van der Waals surface area contributed by atoms with Crippen LogP contribution in [0.5, 0.6) is 0 Å². The van der Waals surface area contributed by atoms with Gasteiger partial charge in [-0.2, -0.15) is 0 Å². The van der Waals surface area contributed by atoms with E-state index in [1.807, 2.05) is 0 Å². The molecule has 0 aliphatic heterocycles. The number of carbonyl (C=O) groups excluding carboxylic acids is 1.